The summed E-state index contributed by atoms with van der Waals surface area (Å²) in [4.78, 5) is 11.0. The number of methoxy groups -OCH3 is 1. The molecular weight excluding hydrogens is 244 g/mol. The molecule has 16 heavy (non-hydrogen) atoms. The van der Waals surface area contributed by atoms with Gasteiger partial charge in [-0.3, -0.25) is 4.79 Å². The number of phenolic OH excluding ortho intramolecular Hbond substituents is 1. The van der Waals surface area contributed by atoms with E-state index in [-0.39, 0.29) is 18.0 Å². The van der Waals surface area contributed by atoms with E-state index in [0.717, 1.165) is 19.2 Å². The van der Waals surface area contributed by atoms with Crippen LogP contribution in [-0.4, -0.2) is 18.2 Å². The lowest BCUT2D eigenvalue weighted by molar-refractivity contribution is -0.142. The Labute approximate surface area is 96.4 Å². The van der Waals surface area contributed by atoms with Gasteiger partial charge in [0.2, 0.25) is 5.82 Å². The smallest absolute Gasteiger partial charge is 0.327 e. The number of ether oxygens (including phenoxy) is 1. The molecule has 0 amide bonds. The molecule has 0 fully saturated rings. The Morgan fingerprint density at radius 3 is 2.56 bits per heavy atom. The van der Waals surface area contributed by atoms with Crippen molar-refractivity contribution >= 4 is 18.4 Å². The predicted molar refractivity (Wildman–Crippen MR) is 54.2 cm³/mol. The monoisotopic (exact) mass is 253 g/mol. The molecule has 1 aromatic carbocycles. The Hall–Kier alpha value is -1.40. The molecule has 0 aliphatic rings. The number of hydrogen-bond acceptors (Lipinski definition) is 4. The molecule has 1 aromatic rings. The fourth-order valence-corrected chi connectivity index (χ4v) is 1.06. The molecule has 0 aromatic heterocycles. The summed E-state index contributed by atoms with van der Waals surface area (Å²) in [6.07, 6.45) is 0. The Morgan fingerprint density at radius 2 is 2.06 bits per heavy atom. The van der Waals surface area contributed by atoms with E-state index in [1.165, 1.54) is 0 Å². The summed E-state index contributed by atoms with van der Waals surface area (Å²) in [5.74, 6) is -4.48. The predicted octanol–water partition coefficient (Wildman–Crippen LogP) is 1.26. The molecule has 0 bridgehead atoms. The molecule has 0 unspecified atom stereocenters. The molecule has 7 heteroatoms. The van der Waals surface area contributed by atoms with Crippen molar-refractivity contribution in [1.82, 2.24) is 0 Å². The second-order valence-corrected chi connectivity index (χ2v) is 2.80. The van der Waals surface area contributed by atoms with E-state index in [2.05, 4.69) is 4.74 Å². The number of carbonyl (C=O) groups is 1. The largest absolute Gasteiger partial charge is 0.504 e. The van der Waals surface area contributed by atoms with Crippen molar-refractivity contribution in [3.8, 4) is 5.75 Å². The number of rotatable bonds is 2. The zero-order valence-corrected chi connectivity index (χ0v) is 9.05. The minimum absolute atomic E-state index is 0. The van der Waals surface area contributed by atoms with Crippen molar-refractivity contribution in [3.05, 3.63) is 29.3 Å². The molecule has 0 saturated heterocycles. The van der Waals surface area contributed by atoms with Crippen LogP contribution in [0.2, 0.25) is 0 Å². The van der Waals surface area contributed by atoms with Crippen LogP contribution >= 0.6 is 12.4 Å². The first-order valence-corrected chi connectivity index (χ1v) is 3.99. The number of hydrogen-bond donors (Lipinski definition) is 2. The normalized spacial score (nSPS) is 11.5. The average Bonchev–Trinajstić information content (AvgIpc) is 2.24. The van der Waals surface area contributed by atoms with Crippen molar-refractivity contribution in [2.75, 3.05) is 7.11 Å². The number of aromatic hydroxyl groups is 1. The van der Waals surface area contributed by atoms with Gasteiger partial charge in [-0.15, -0.1) is 12.4 Å². The van der Waals surface area contributed by atoms with Crippen LogP contribution in [0.4, 0.5) is 8.78 Å². The zero-order valence-electron chi connectivity index (χ0n) is 8.24. The van der Waals surface area contributed by atoms with E-state index in [4.69, 9.17) is 5.73 Å². The van der Waals surface area contributed by atoms with Crippen molar-refractivity contribution < 1.29 is 23.4 Å². The topological polar surface area (TPSA) is 72.5 Å². The first-order valence-electron chi connectivity index (χ1n) is 3.99. The fraction of sp³-hybridized carbons (Fsp3) is 0.222. The first-order chi connectivity index (χ1) is 6.99. The van der Waals surface area contributed by atoms with Crippen LogP contribution in [0.15, 0.2) is 12.1 Å². The third-order valence-electron chi connectivity index (χ3n) is 1.89. The van der Waals surface area contributed by atoms with Gasteiger partial charge in [-0.25, -0.2) is 4.39 Å². The minimum atomic E-state index is -1.44. The highest BCUT2D eigenvalue weighted by Crippen LogP contribution is 2.27. The maximum atomic E-state index is 12.9. The van der Waals surface area contributed by atoms with Crippen molar-refractivity contribution in [3.63, 3.8) is 0 Å². The molecule has 0 spiro atoms. The van der Waals surface area contributed by atoms with Gasteiger partial charge in [-0.05, 0) is 6.07 Å². The van der Waals surface area contributed by atoms with Crippen LogP contribution in [-0.2, 0) is 9.53 Å². The summed E-state index contributed by atoms with van der Waals surface area (Å²) in [6, 6.07) is 0.452. The number of nitrogens with two attached hydrogens (primary N) is 1. The highest BCUT2D eigenvalue weighted by molar-refractivity contribution is 5.85. The lowest BCUT2D eigenvalue weighted by atomic mass is 10.1. The van der Waals surface area contributed by atoms with Gasteiger partial charge in [0.25, 0.3) is 0 Å². The van der Waals surface area contributed by atoms with Crippen molar-refractivity contribution in [2.24, 2.45) is 5.73 Å². The zero-order chi connectivity index (χ0) is 11.6. The Balaban J connectivity index is 0.00000225. The molecule has 90 valence electrons. The molecule has 0 heterocycles. The van der Waals surface area contributed by atoms with Crippen LogP contribution in [0.25, 0.3) is 0 Å². The molecule has 0 aliphatic carbocycles. The molecule has 0 radical (unpaired) electrons. The van der Waals surface area contributed by atoms with Crippen molar-refractivity contribution in [2.45, 2.75) is 6.04 Å². The average molecular weight is 254 g/mol. The van der Waals surface area contributed by atoms with E-state index in [9.17, 15) is 18.7 Å². The Morgan fingerprint density at radius 1 is 1.50 bits per heavy atom. The third-order valence-corrected chi connectivity index (χ3v) is 1.89. The summed E-state index contributed by atoms with van der Waals surface area (Å²) in [6.45, 7) is 0. The molecule has 3 N–H and O–H groups in total. The van der Waals surface area contributed by atoms with E-state index in [1.54, 1.807) is 0 Å². The van der Waals surface area contributed by atoms with Gasteiger partial charge < -0.3 is 15.6 Å². The quantitative estimate of drug-likeness (QED) is 0.779. The van der Waals surface area contributed by atoms with Crippen LogP contribution in [0.1, 0.15) is 11.6 Å². The minimum Gasteiger partial charge on any atom is -0.504 e. The highest BCUT2D eigenvalue weighted by atomic mass is 35.5. The summed E-state index contributed by atoms with van der Waals surface area (Å²) in [5, 5.41) is 9.19. The lowest BCUT2D eigenvalue weighted by Crippen LogP contribution is -2.23. The summed E-state index contributed by atoms with van der Waals surface area (Å²) < 4.78 is 29.8. The molecule has 4 nitrogen and oxygen atoms in total. The Kier molecular flexibility index (Phi) is 5.13. The molecule has 0 aliphatic heterocycles. The second-order valence-electron chi connectivity index (χ2n) is 2.80. The first kappa shape index (κ1) is 14.6. The van der Waals surface area contributed by atoms with E-state index >= 15 is 0 Å². The van der Waals surface area contributed by atoms with E-state index < -0.39 is 29.4 Å². The highest BCUT2D eigenvalue weighted by Gasteiger charge is 2.23. The molecule has 1 rings (SSSR count). The summed E-state index contributed by atoms with van der Waals surface area (Å²) in [5.41, 5.74) is 5.12. The van der Waals surface area contributed by atoms with Crippen molar-refractivity contribution in [1.29, 1.82) is 0 Å². The van der Waals surface area contributed by atoms with Gasteiger partial charge in [0.05, 0.1) is 7.11 Å². The van der Waals surface area contributed by atoms with Crippen LogP contribution in [0, 0.1) is 11.6 Å². The second kappa shape index (κ2) is 5.62. The number of phenols is 1. The van der Waals surface area contributed by atoms with Gasteiger partial charge in [-0.1, -0.05) is 6.07 Å². The van der Waals surface area contributed by atoms with Gasteiger partial charge in [0, 0.05) is 5.56 Å². The SMILES string of the molecule is COC(=O)[C@H](N)c1ccc(F)c(F)c1O.Cl. The maximum Gasteiger partial charge on any atom is 0.327 e. The van der Waals surface area contributed by atoms with Crippen LogP contribution < -0.4 is 5.73 Å². The number of halogens is 3. The molecule has 1 atom stereocenters. The number of benzene rings is 1. The van der Waals surface area contributed by atoms with Crippen LogP contribution in [0.3, 0.4) is 0 Å². The van der Waals surface area contributed by atoms with Gasteiger partial charge >= 0.3 is 5.97 Å². The van der Waals surface area contributed by atoms with E-state index in [1.807, 2.05) is 0 Å². The van der Waals surface area contributed by atoms with E-state index in [0.29, 0.717) is 0 Å². The fourth-order valence-electron chi connectivity index (χ4n) is 1.06. The van der Waals surface area contributed by atoms with Gasteiger partial charge in [0.1, 0.15) is 6.04 Å². The summed E-state index contributed by atoms with van der Waals surface area (Å²) in [7, 11) is 1.10. The lowest BCUT2D eigenvalue weighted by Gasteiger charge is -2.11. The van der Waals surface area contributed by atoms with Gasteiger partial charge in [0.15, 0.2) is 11.6 Å². The standard InChI is InChI=1S/C9H9F2NO3.ClH/c1-15-9(14)7(12)4-2-3-5(10)6(11)8(4)13;/h2-3,7,13H,12H2,1H3;1H/t7-;/m1./s1. The number of carbonyl (C=O) groups excluding carboxylic acids is 1. The Bertz CT molecular complexity index is 401. The number of esters is 1. The van der Waals surface area contributed by atoms with Crippen LogP contribution in [0.5, 0.6) is 5.75 Å². The maximum absolute atomic E-state index is 12.9. The summed E-state index contributed by atoms with van der Waals surface area (Å²) >= 11 is 0. The van der Waals surface area contributed by atoms with Gasteiger partial charge in [-0.2, -0.15) is 4.39 Å². The third kappa shape index (κ3) is 2.59. The molecular formula is C9H10ClF2NO3. The molecule has 0 saturated carbocycles.